The minimum absolute atomic E-state index is 0.170. The first-order valence-corrected chi connectivity index (χ1v) is 7.98. The molecule has 0 N–H and O–H groups in total. The third kappa shape index (κ3) is 4.28. The standard InChI is InChI=1S/C20H15NO5/c21-13-17(25-20(23)15-4-2-1-3-5-15)10-11-24-16-8-6-14-7-9-19(22)26-18(14)12-16/h1-9,12,17H,10-11H2. The molecule has 6 heteroatoms. The SMILES string of the molecule is N#CC(CCOc1ccc2ccc(=O)oc2c1)OC(=O)c1ccccc1. The maximum absolute atomic E-state index is 12.0. The summed E-state index contributed by atoms with van der Waals surface area (Å²) in [6, 6.07) is 18.5. The minimum atomic E-state index is -0.916. The number of carbonyl (C=O) groups is 1. The third-order valence-corrected chi connectivity index (χ3v) is 3.65. The van der Waals surface area contributed by atoms with Crippen molar-refractivity contribution in [3.63, 3.8) is 0 Å². The van der Waals surface area contributed by atoms with Crippen LogP contribution in [0.4, 0.5) is 0 Å². The summed E-state index contributed by atoms with van der Waals surface area (Å²) in [5.74, 6) is -0.0532. The van der Waals surface area contributed by atoms with Gasteiger partial charge in [-0.1, -0.05) is 18.2 Å². The number of fused-ring (bicyclic) bond motifs is 1. The topological polar surface area (TPSA) is 89.5 Å². The first kappa shape index (κ1) is 17.2. The van der Waals surface area contributed by atoms with Crippen molar-refractivity contribution in [1.82, 2.24) is 0 Å². The first-order valence-electron chi connectivity index (χ1n) is 7.98. The Balaban J connectivity index is 1.57. The van der Waals surface area contributed by atoms with Crippen LogP contribution in [0.15, 0.2) is 69.9 Å². The van der Waals surface area contributed by atoms with Crippen LogP contribution in [0.2, 0.25) is 0 Å². The number of benzene rings is 2. The zero-order chi connectivity index (χ0) is 18.4. The quantitative estimate of drug-likeness (QED) is 0.501. The van der Waals surface area contributed by atoms with E-state index in [1.807, 2.05) is 6.07 Å². The molecule has 1 unspecified atom stereocenters. The van der Waals surface area contributed by atoms with Gasteiger partial charge in [0.15, 0.2) is 6.10 Å². The van der Waals surface area contributed by atoms with E-state index in [1.165, 1.54) is 6.07 Å². The Hall–Kier alpha value is -3.59. The van der Waals surface area contributed by atoms with Gasteiger partial charge in [-0.3, -0.25) is 0 Å². The monoisotopic (exact) mass is 349 g/mol. The fourth-order valence-electron chi connectivity index (χ4n) is 2.34. The Morgan fingerprint density at radius 2 is 1.88 bits per heavy atom. The van der Waals surface area contributed by atoms with Crippen LogP contribution in [0.25, 0.3) is 11.0 Å². The Kier molecular flexibility index (Phi) is 5.30. The Bertz CT molecular complexity index is 1000. The van der Waals surface area contributed by atoms with E-state index in [-0.39, 0.29) is 13.0 Å². The number of nitriles is 1. The van der Waals surface area contributed by atoms with Crippen molar-refractivity contribution in [1.29, 1.82) is 5.26 Å². The van der Waals surface area contributed by atoms with Crippen molar-refractivity contribution >= 4 is 16.9 Å². The maximum atomic E-state index is 12.0. The number of ether oxygens (including phenoxy) is 2. The second-order valence-corrected chi connectivity index (χ2v) is 5.48. The molecule has 0 bridgehead atoms. The maximum Gasteiger partial charge on any atom is 0.339 e. The van der Waals surface area contributed by atoms with Crippen molar-refractivity contribution in [2.75, 3.05) is 6.61 Å². The molecule has 0 fully saturated rings. The van der Waals surface area contributed by atoms with Crippen molar-refractivity contribution in [3.8, 4) is 11.8 Å². The second kappa shape index (κ2) is 7.99. The van der Waals surface area contributed by atoms with E-state index in [4.69, 9.17) is 19.2 Å². The van der Waals surface area contributed by atoms with E-state index in [2.05, 4.69) is 0 Å². The molecule has 6 nitrogen and oxygen atoms in total. The van der Waals surface area contributed by atoms with Crippen LogP contribution < -0.4 is 10.4 Å². The summed E-state index contributed by atoms with van der Waals surface area (Å²) in [5, 5.41) is 9.94. The lowest BCUT2D eigenvalue weighted by Crippen LogP contribution is -2.19. The fourth-order valence-corrected chi connectivity index (χ4v) is 2.34. The lowest BCUT2D eigenvalue weighted by molar-refractivity contribution is 0.0371. The van der Waals surface area contributed by atoms with Gasteiger partial charge < -0.3 is 13.9 Å². The summed E-state index contributed by atoms with van der Waals surface area (Å²) in [6.07, 6.45) is -0.702. The van der Waals surface area contributed by atoms with Crippen LogP contribution in [-0.2, 0) is 4.74 Å². The van der Waals surface area contributed by atoms with Crippen LogP contribution in [0.1, 0.15) is 16.8 Å². The van der Waals surface area contributed by atoms with Gasteiger partial charge in [-0.25, -0.2) is 9.59 Å². The first-order chi connectivity index (χ1) is 12.7. The van der Waals surface area contributed by atoms with E-state index in [1.54, 1.807) is 54.6 Å². The molecule has 1 aromatic heterocycles. The molecule has 0 aliphatic rings. The average Bonchev–Trinajstić information content (AvgIpc) is 2.67. The average molecular weight is 349 g/mol. The molecule has 130 valence electrons. The van der Waals surface area contributed by atoms with E-state index < -0.39 is 17.7 Å². The van der Waals surface area contributed by atoms with Gasteiger partial charge in [0.05, 0.1) is 12.2 Å². The van der Waals surface area contributed by atoms with Crippen LogP contribution in [-0.4, -0.2) is 18.7 Å². The summed E-state index contributed by atoms with van der Waals surface area (Å²) < 4.78 is 15.8. The van der Waals surface area contributed by atoms with Gasteiger partial charge in [0, 0.05) is 23.9 Å². The number of nitrogens with zero attached hydrogens (tertiary/aromatic N) is 1. The predicted molar refractivity (Wildman–Crippen MR) is 93.9 cm³/mol. The van der Waals surface area contributed by atoms with Crippen LogP contribution in [0.5, 0.6) is 5.75 Å². The normalized spacial score (nSPS) is 11.5. The number of rotatable bonds is 6. The van der Waals surface area contributed by atoms with E-state index in [9.17, 15) is 9.59 Å². The molecule has 0 amide bonds. The molecular formula is C20H15NO5. The molecule has 1 heterocycles. The van der Waals surface area contributed by atoms with Crippen molar-refractivity contribution in [3.05, 3.63) is 76.6 Å². The minimum Gasteiger partial charge on any atom is -0.493 e. The van der Waals surface area contributed by atoms with Crippen LogP contribution in [0.3, 0.4) is 0 Å². The predicted octanol–water partition coefficient (Wildman–Crippen LogP) is 3.31. The molecule has 0 radical (unpaired) electrons. The number of esters is 1. The number of hydrogen-bond acceptors (Lipinski definition) is 6. The Morgan fingerprint density at radius 3 is 2.65 bits per heavy atom. The molecule has 3 aromatic rings. The van der Waals surface area contributed by atoms with Gasteiger partial charge in [-0.2, -0.15) is 5.26 Å². The van der Waals surface area contributed by atoms with Crippen molar-refractivity contribution in [2.24, 2.45) is 0 Å². The zero-order valence-electron chi connectivity index (χ0n) is 13.8. The highest BCUT2D eigenvalue weighted by atomic mass is 16.5. The molecule has 0 saturated carbocycles. The summed E-state index contributed by atoms with van der Waals surface area (Å²) in [4.78, 5) is 23.2. The van der Waals surface area contributed by atoms with Crippen LogP contribution >= 0.6 is 0 Å². The van der Waals surface area contributed by atoms with Gasteiger partial charge >= 0.3 is 11.6 Å². The summed E-state index contributed by atoms with van der Waals surface area (Å²) in [5.41, 5.74) is 0.368. The fraction of sp³-hybridized carbons (Fsp3) is 0.150. The van der Waals surface area contributed by atoms with Gasteiger partial charge in [-0.15, -0.1) is 0 Å². The summed E-state index contributed by atoms with van der Waals surface area (Å²) in [7, 11) is 0. The van der Waals surface area contributed by atoms with Gasteiger partial charge in [-0.05, 0) is 30.3 Å². The lowest BCUT2D eigenvalue weighted by atomic mass is 10.2. The molecule has 0 spiro atoms. The molecule has 26 heavy (non-hydrogen) atoms. The van der Waals surface area contributed by atoms with E-state index in [0.29, 0.717) is 16.9 Å². The zero-order valence-corrected chi connectivity index (χ0v) is 13.8. The summed E-state index contributed by atoms with van der Waals surface area (Å²) >= 11 is 0. The number of hydrogen-bond donors (Lipinski definition) is 0. The summed E-state index contributed by atoms with van der Waals surface area (Å²) in [6.45, 7) is 0.170. The smallest absolute Gasteiger partial charge is 0.339 e. The molecule has 2 aromatic carbocycles. The van der Waals surface area contributed by atoms with Crippen molar-refractivity contribution < 1.29 is 18.7 Å². The molecular weight excluding hydrogens is 334 g/mol. The van der Waals surface area contributed by atoms with Gasteiger partial charge in [0.2, 0.25) is 0 Å². The Labute approximate surface area is 149 Å². The highest BCUT2D eigenvalue weighted by Crippen LogP contribution is 2.19. The molecule has 3 rings (SSSR count). The molecule has 0 aliphatic carbocycles. The third-order valence-electron chi connectivity index (χ3n) is 3.65. The van der Waals surface area contributed by atoms with E-state index in [0.717, 1.165) is 5.39 Å². The van der Waals surface area contributed by atoms with Crippen LogP contribution in [0, 0.1) is 11.3 Å². The van der Waals surface area contributed by atoms with Crippen molar-refractivity contribution in [2.45, 2.75) is 12.5 Å². The van der Waals surface area contributed by atoms with Gasteiger partial charge in [0.1, 0.15) is 17.4 Å². The highest BCUT2D eigenvalue weighted by molar-refractivity contribution is 5.89. The molecule has 1 atom stereocenters. The number of carbonyl (C=O) groups excluding carboxylic acids is 1. The lowest BCUT2D eigenvalue weighted by Gasteiger charge is -2.12. The highest BCUT2D eigenvalue weighted by Gasteiger charge is 2.15. The second-order valence-electron chi connectivity index (χ2n) is 5.48. The Morgan fingerprint density at radius 1 is 1.12 bits per heavy atom. The van der Waals surface area contributed by atoms with E-state index >= 15 is 0 Å². The molecule has 0 saturated heterocycles. The molecule has 0 aliphatic heterocycles. The largest absolute Gasteiger partial charge is 0.493 e. The van der Waals surface area contributed by atoms with Gasteiger partial charge in [0.25, 0.3) is 0 Å².